The minimum Gasteiger partial charge on any atom is -0.494 e. The van der Waals surface area contributed by atoms with Crippen molar-refractivity contribution in [2.75, 3.05) is 13.2 Å². The summed E-state index contributed by atoms with van der Waals surface area (Å²) in [5, 5.41) is 15.4. The first-order valence-electron chi connectivity index (χ1n) is 8.21. The molecule has 126 valence electrons. The van der Waals surface area contributed by atoms with Gasteiger partial charge in [0.2, 0.25) is 5.91 Å². The molecular weight excluding hydrogens is 296 g/mol. The third kappa shape index (κ3) is 3.59. The van der Waals surface area contributed by atoms with Crippen LogP contribution in [0.4, 0.5) is 0 Å². The standard InChI is InChI=1S/C17H24N2O4/c1-3-22-15-5-11-4-10(2)23-16(11)6-12(15)8-19-17(21)14-7-13(20)9-18-14/h5-6,10,13-14,18,20H,3-4,7-9H2,1-2H3,(H,19,21). The Labute approximate surface area is 136 Å². The van der Waals surface area contributed by atoms with Crippen molar-refractivity contribution in [2.24, 2.45) is 0 Å². The number of benzene rings is 1. The molecular formula is C17H24N2O4. The number of rotatable bonds is 5. The lowest BCUT2D eigenvalue weighted by Crippen LogP contribution is -2.40. The van der Waals surface area contributed by atoms with E-state index in [1.165, 1.54) is 0 Å². The summed E-state index contributed by atoms with van der Waals surface area (Å²) < 4.78 is 11.5. The summed E-state index contributed by atoms with van der Waals surface area (Å²) >= 11 is 0. The van der Waals surface area contributed by atoms with Gasteiger partial charge in [-0.15, -0.1) is 0 Å². The average Bonchev–Trinajstić information content (AvgIpc) is 3.09. The molecule has 3 N–H and O–H groups in total. The second kappa shape index (κ2) is 6.76. The van der Waals surface area contributed by atoms with Crippen molar-refractivity contribution >= 4 is 5.91 Å². The van der Waals surface area contributed by atoms with E-state index in [2.05, 4.69) is 10.6 Å². The van der Waals surface area contributed by atoms with Crippen molar-refractivity contribution in [2.45, 2.75) is 51.5 Å². The highest BCUT2D eigenvalue weighted by Crippen LogP contribution is 2.35. The summed E-state index contributed by atoms with van der Waals surface area (Å²) in [5.74, 6) is 1.57. The lowest BCUT2D eigenvalue weighted by atomic mass is 10.1. The van der Waals surface area contributed by atoms with Crippen LogP contribution >= 0.6 is 0 Å². The number of carbonyl (C=O) groups is 1. The fourth-order valence-corrected chi connectivity index (χ4v) is 3.13. The molecule has 0 radical (unpaired) electrons. The third-order valence-electron chi connectivity index (χ3n) is 4.26. The molecule has 1 saturated heterocycles. The third-order valence-corrected chi connectivity index (χ3v) is 4.26. The number of fused-ring (bicyclic) bond motifs is 1. The Bertz CT molecular complexity index is 590. The molecule has 1 amide bonds. The predicted octanol–water partition coefficient (Wildman–Crippen LogP) is 0.748. The van der Waals surface area contributed by atoms with Crippen molar-refractivity contribution in [3.8, 4) is 11.5 Å². The number of hydrogen-bond acceptors (Lipinski definition) is 5. The summed E-state index contributed by atoms with van der Waals surface area (Å²) in [6, 6.07) is 3.65. The van der Waals surface area contributed by atoms with Crippen LogP contribution in [-0.4, -0.2) is 42.4 Å². The molecule has 2 heterocycles. The molecule has 1 fully saturated rings. The number of hydrogen-bond donors (Lipinski definition) is 3. The largest absolute Gasteiger partial charge is 0.494 e. The summed E-state index contributed by atoms with van der Waals surface area (Å²) in [6.45, 7) is 5.41. The van der Waals surface area contributed by atoms with Gasteiger partial charge in [-0.25, -0.2) is 0 Å². The maximum Gasteiger partial charge on any atom is 0.237 e. The Kier molecular flexibility index (Phi) is 4.73. The van der Waals surface area contributed by atoms with E-state index < -0.39 is 6.10 Å². The lowest BCUT2D eigenvalue weighted by Gasteiger charge is -2.15. The van der Waals surface area contributed by atoms with Gasteiger partial charge >= 0.3 is 0 Å². The first kappa shape index (κ1) is 16.1. The molecule has 1 aromatic rings. The predicted molar refractivity (Wildman–Crippen MR) is 85.7 cm³/mol. The van der Waals surface area contributed by atoms with Gasteiger partial charge in [0.15, 0.2) is 0 Å². The Hall–Kier alpha value is -1.79. The first-order chi connectivity index (χ1) is 11.1. The molecule has 3 unspecified atom stereocenters. The fourth-order valence-electron chi connectivity index (χ4n) is 3.13. The van der Waals surface area contributed by atoms with Gasteiger partial charge in [0, 0.05) is 30.6 Å². The van der Waals surface area contributed by atoms with Crippen molar-refractivity contribution < 1.29 is 19.4 Å². The summed E-state index contributed by atoms with van der Waals surface area (Å²) in [4.78, 5) is 12.2. The van der Waals surface area contributed by atoms with Gasteiger partial charge in [-0.3, -0.25) is 4.79 Å². The first-order valence-corrected chi connectivity index (χ1v) is 8.21. The van der Waals surface area contributed by atoms with E-state index in [1.54, 1.807) is 0 Å². The van der Waals surface area contributed by atoms with Gasteiger partial charge in [0.05, 0.1) is 18.8 Å². The lowest BCUT2D eigenvalue weighted by molar-refractivity contribution is -0.123. The normalized spacial score (nSPS) is 25.8. The Morgan fingerprint density at radius 3 is 3.04 bits per heavy atom. The van der Waals surface area contributed by atoms with Crippen LogP contribution in [0.3, 0.4) is 0 Å². The maximum absolute atomic E-state index is 12.2. The van der Waals surface area contributed by atoms with Crippen LogP contribution in [0.5, 0.6) is 11.5 Å². The van der Waals surface area contributed by atoms with Gasteiger partial charge in [0.25, 0.3) is 0 Å². The fraction of sp³-hybridized carbons (Fsp3) is 0.588. The number of amides is 1. The van der Waals surface area contributed by atoms with E-state index >= 15 is 0 Å². The number of carbonyl (C=O) groups excluding carboxylic acids is 1. The van der Waals surface area contributed by atoms with Gasteiger partial charge in [-0.1, -0.05) is 0 Å². The second-order valence-corrected chi connectivity index (χ2v) is 6.20. The molecule has 0 spiro atoms. The van der Waals surface area contributed by atoms with Crippen LogP contribution in [0, 0.1) is 0 Å². The molecule has 6 nitrogen and oxygen atoms in total. The van der Waals surface area contributed by atoms with Gasteiger partial charge < -0.3 is 25.2 Å². The van der Waals surface area contributed by atoms with E-state index in [9.17, 15) is 9.90 Å². The van der Waals surface area contributed by atoms with E-state index in [0.29, 0.717) is 26.1 Å². The van der Waals surface area contributed by atoms with E-state index in [0.717, 1.165) is 29.0 Å². The number of aliphatic hydroxyl groups is 1. The molecule has 0 aliphatic carbocycles. The smallest absolute Gasteiger partial charge is 0.237 e. The highest BCUT2D eigenvalue weighted by Gasteiger charge is 2.28. The summed E-state index contributed by atoms with van der Waals surface area (Å²) in [7, 11) is 0. The number of β-amino-alcohol motifs (C(OH)–C–C–N with tert-alkyl or cyclic N) is 1. The zero-order valence-electron chi connectivity index (χ0n) is 13.6. The van der Waals surface area contributed by atoms with E-state index in [4.69, 9.17) is 9.47 Å². The molecule has 0 bridgehead atoms. The molecule has 23 heavy (non-hydrogen) atoms. The molecule has 2 aliphatic heterocycles. The Morgan fingerprint density at radius 2 is 2.35 bits per heavy atom. The molecule has 3 atom stereocenters. The minimum absolute atomic E-state index is 0.0983. The van der Waals surface area contributed by atoms with Crippen molar-refractivity contribution in [1.82, 2.24) is 10.6 Å². The van der Waals surface area contributed by atoms with Crippen LogP contribution in [0.25, 0.3) is 0 Å². The van der Waals surface area contributed by atoms with Gasteiger partial charge in [-0.2, -0.15) is 0 Å². The van der Waals surface area contributed by atoms with Crippen molar-refractivity contribution in [3.05, 3.63) is 23.3 Å². The SMILES string of the molecule is CCOc1cc2c(cc1CNC(=O)C1CC(O)CN1)OC(C)C2. The monoisotopic (exact) mass is 320 g/mol. The maximum atomic E-state index is 12.2. The Balaban J connectivity index is 1.69. The highest BCUT2D eigenvalue weighted by atomic mass is 16.5. The van der Waals surface area contributed by atoms with Crippen molar-refractivity contribution in [1.29, 1.82) is 0 Å². The topological polar surface area (TPSA) is 79.8 Å². The van der Waals surface area contributed by atoms with Crippen LogP contribution < -0.4 is 20.1 Å². The van der Waals surface area contributed by atoms with Crippen LogP contribution in [0.2, 0.25) is 0 Å². The van der Waals surface area contributed by atoms with Crippen LogP contribution in [0.15, 0.2) is 12.1 Å². The van der Waals surface area contributed by atoms with E-state index in [1.807, 2.05) is 26.0 Å². The van der Waals surface area contributed by atoms with Gasteiger partial charge in [-0.05, 0) is 32.4 Å². The molecule has 3 rings (SSSR count). The summed E-state index contributed by atoms with van der Waals surface area (Å²) in [6.07, 6.45) is 1.06. The van der Waals surface area contributed by atoms with Crippen LogP contribution in [-0.2, 0) is 17.8 Å². The number of aliphatic hydroxyl groups excluding tert-OH is 1. The zero-order chi connectivity index (χ0) is 16.4. The molecule has 1 aromatic carbocycles. The summed E-state index contributed by atoms with van der Waals surface area (Å²) in [5.41, 5.74) is 2.06. The van der Waals surface area contributed by atoms with Crippen LogP contribution in [0.1, 0.15) is 31.4 Å². The number of ether oxygens (including phenoxy) is 2. The quantitative estimate of drug-likeness (QED) is 0.746. The number of nitrogens with one attached hydrogen (secondary N) is 2. The molecule has 6 heteroatoms. The highest BCUT2D eigenvalue weighted by molar-refractivity contribution is 5.82. The average molecular weight is 320 g/mol. The minimum atomic E-state index is -0.445. The van der Waals surface area contributed by atoms with Gasteiger partial charge in [0.1, 0.15) is 17.6 Å². The van der Waals surface area contributed by atoms with Crippen molar-refractivity contribution in [3.63, 3.8) is 0 Å². The zero-order valence-corrected chi connectivity index (χ0v) is 13.6. The van der Waals surface area contributed by atoms with E-state index in [-0.39, 0.29) is 18.1 Å². The second-order valence-electron chi connectivity index (χ2n) is 6.20. The Morgan fingerprint density at radius 1 is 1.52 bits per heavy atom. The molecule has 2 aliphatic rings. The molecule has 0 saturated carbocycles. The molecule has 0 aromatic heterocycles.